The van der Waals surface area contributed by atoms with E-state index in [1.54, 1.807) is 0 Å². The summed E-state index contributed by atoms with van der Waals surface area (Å²) in [5.74, 6) is 1.65. The smallest absolute Gasteiger partial charge is 0.170 e. The molecule has 2 aromatic rings. The average Bonchev–Trinajstić information content (AvgIpc) is 2.55. The van der Waals surface area contributed by atoms with Gasteiger partial charge in [0.2, 0.25) is 0 Å². The van der Waals surface area contributed by atoms with Crippen LogP contribution in [0.4, 0.5) is 0 Å². The van der Waals surface area contributed by atoms with E-state index in [0.717, 1.165) is 29.0 Å². The van der Waals surface area contributed by atoms with Crippen LogP contribution in [0.1, 0.15) is 35.2 Å². The summed E-state index contributed by atoms with van der Waals surface area (Å²) in [6.45, 7) is 3.16. The molecule has 3 heteroatoms. The first-order chi connectivity index (χ1) is 10.3. The fraction of sp³-hybridized carbons (Fsp3) is 0.278. The topological polar surface area (TPSA) is 35.5 Å². The third-order valence-electron chi connectivity index (χ3n) is 3.72. The summed E-state index contributed by atoms with van der Waals surface area (Å²) in [5.41, 5.74) is 1.71. The Labute approximate surface area is 124 Å². The van der Waals surface area contributed by atoms with Crippen molar-refractivity contribution in [3.63, 3.8) is 0 Å². The second kappa shape index (κ2) is 6.00. The van der Waals surface area contributed by atoms with E-state index in [2.05, 4.69) is 0 Å². The van der Waals surface area contributed by atoms with Crippen molar-refractivity contribution in [2.45, 2.75) is 19.3 Å². The quantitative estimate of drug-likeness (QED) is 0.799. The predicted octanol–water partition coefficient (Wildman–Crippen LogP) is 3.83. The number of benzene rings is 2. The molecular weight excluding hydrogens is 264 g/mol. The van der Waals surface area contributed by atoms with Crippen molar-refractivity contribution < 1.29 is 14.3 Å². The van der Waals surface area contributed by atoms with Crippen LogP contribution in [0.5, 0.6) is 11.5 Å². The molecule has 3 rings (SSSR count). The Bertz CT molecular complexity index is 631. The fourth-order valence-corrected chi connectivity index (χ4v) is 2.70. The maximum atomic E-state index is 12.7. The van der Waals surface area contributed by atoms with Crippen LogP contribution in [-0.4, -0.2) is 19.0 Å². The molecule has 1 aliphatic rings. The molecule has 2 aromatic carbocycles. The van der Waals surface area contributed by atoms with Gasteiger partial charge in [-0.3, -0.25) is 4.79 Å². The third-order valence-corrected chi connectivity index (χ3v) is 3.72. The number of rotatable bonds is 4. The molecule has 0 fully saturated rings. The summed E-state index contributed by atoms with van der Waals surface area (Å²) in [5, 5.41) is 0. The van der Waals surface area contributed by atoms with Crippen molar-refractivity contribution in [2.75, 3.05) is 13.2 Å². The van der Waals surface area contributed by atoms with E-state index in [0.29, 0.717) is 13.2 Å². The number of ether oxygens (including phenoxy) is 2. The lowest BCUT2D eigenvalue weighted by atomic mass is 9.86. The second-order valence-electron chi connectivity index (χ2n) is 5.05. The molecule has 0 bridgehead atoms. The molecule has 0 saturated heterocycles. The molecule has 1 aliphatic heterocycles. The van der Waals surface area contributed by atoms with Crippen LogP contribution in [0, 0.1) is 0 Å². The molecule has 1 atom stereocenters. The molecule has 0 amide bonds. The molecule has 0 N–H and O–H groups in total. The van der Waals surface area contributed by atoms with Crippen molar-refractivity contribution in [1.29, 1.82) is 0 Å². The largest absolute Gasteiger partial charge is 0.494 e. The number of carbonyl (C=O) groups excluding carboxylic acids is 1. The van der Waals surface area contributed by atoms with E-state index >= 15 is 0 Å². The lowest BCUT2D eigenvalue weighted by Gasteiger charge is -2.24. The van der Waals surface area contributed by atoms with Gasteiger partial charge < -0.3 is 9.47 Å². The van der Waals surface area contributed by atoms with Gasteiger partial charge in [0.15, 0.2) is 5.78 Å². The number of Topliss-reactive ketones (excluding diaryl/α,β-unsaturated/α-hetero) is 1. The number of para-hydroxylation sites is 1. The monoisotopic (exact) mass is 282 g/mol. The highest BCUT2D eigenvalue weighted by atomic mass is 16.5. The number of hydrogen-bond donors (Lipinski definition) is 0. The van der Waals surface area contributed by atoms with Crippen LogP contribution >= 0.6 is 0 Å². The molecule has 0 aliphatic carbocycles. The van der Waals surface area contributed by atoms with Gasteiger partial charge in [-0.05, 0) is 43.7 Å². The zero-order chi connectivity index (χ0) is 14.7. The van der Waals surface area contributed by atoms with Crippen LogP contribution in [0.3, 0.4) is 0 Å². The van der Waals surface area contributed by atoms with Crippen LogP contribution in [0.25, 0.3) is 0 Å². The normalized spacial score (nSPS) is 16.7. The highest BCUT2D eigenvalue weighted by Gasteiger charge is 2.28. The minimum atomic E-state index is -0.118. The van der Waals surface area contributed by atoms with E-state index in [-0.39, 0.29) is 11.7 Å². The summed E-state index contributed by atoms with van der Waals surface area (Å²) < 4.78 is 11.0. The summed E-state index contributed by atoms with van der Waals surface area (Å²) in [4.78, 5) is 12.7. The van der Waals surface area contributed by atoms with E-state index in [1.807, 2.05) is 55.5 Å². The molecule has 108 valence electrons. The van der Waals surface area contributed by atoms with Gasteiger partial charge in [-0.15, -0.1) is 0 Å². The minimum Gasteiger partial charge on any atom is -0.494 e. The zero-order valence-corrected chi connectivity index (χ0v) is 12.0. The first-order valence-electron chi connectivity index (χ1n) is 7.28. The van der Waals surface area contributed by atoms with Gasteiger partial charge in [-0.2, -0.15) is 0 Å². The molecule has 21 heavy (non-hydrogen) atoms. The molecule has 1 unspecified atom stereocenters. The number of carbonyl (C=O) groups is 1. The predicted molar refractivity (Wildman–Crippen MR) is 81.2 cm³/mol. The average molecular weight is 282 g/mol. The molecule has 0 spiro atoms. The fourth-order valence-electron chi connectivity index (χ4n) is 2.70. The van der Waals surface area contributed by atoms with Crippen LogP contribution in [0.2, 0.25) is 0 Å². The van der Waals surface area contributed by atoms with Crippen LogP contribution in [0.15, 0.2) is 48.5 Å². The Morgan fingerprint density at radius 3 is 2.71 bits per heavy atom. The van der Waals surface area contributed by atoms with Crippen LogP contribution < -0.4 is 9.47 Å². The van der Waals surface area contributed by atoms with Crippen molar-refractivity contribution in [3.05, 3.63) is 59.7 Å². The molecule has 1 heterocycles. The minimum absolute atomic E-state index is 0.118. The number of hydrogen-bond acceptors (Lipinski definition) is 3. The Balaban J connectivity index is 1.86. The summed E-state index contributed by atoms with van der Waals surface area (Å²) in [6, 6.07) is 15.2. The van der Waals surface area contributed by atoms with Crippen molar-refractivity contribution in [2.24, 2.45) is 0 Å². The summed E-state index contributed by atoms with van der Waals surface area (Å²) in [7, 11) is 0. The first kappa shape index (κ1) is 13.7. The number of fused-ring (bicyclic) bond motifs is 1. The second-order valence-corrected chi connectivity index (χ2v) is 5.05. The Morgan fingerprint density at radius 2 is 1.95 bits per heavy atom. The van der Waals surface area contributed by atoms with Crippen molar-refractivity contribution in [3.8, 4) is 11.5 Å². The van der Waals surface area contributed by atoms with Crippen LogP contribution in [-0.2, 0) is 0 Å². The first-order valence-corrected chi connectivity index (χ1v) is 7.28. The van der Waals surface area contributed by atoms with E-state index in [4.69, 9.17) is 9.47 Å². The van der Waals surface area contributed by atoms with E-state index in [9.17, 15) is 4.79 Å². The molecule has 0 radical (unpaired) electrons. The molecule has 0 aromatic heterocycles. The highest BCUT2D eigenvalue weighted by Crippen LogP contribution is 2.35. The Kier molecular flexibility index (Phi) is 3.91. The van der Waals surface area contributed by atoms with E-state index in [1.165, 1.54) is 0 Å². The lowest BCUT2D eigenvalue weighted by Crippen LogP contribution is -2.21. The SMILES string of the molecule is CCOc1ccc(C(=O)C2CCOc3ccccc32)cc1. The summed E-state index contributed by atoms with van der Waals surface area (Å²) in [6.07, 6.45) is 0.725. The van der Waals surface area contributed by atoms with Gasteiger partial charge in [0.1, 0.15) is 11.5 Å². The summed E-state index contributed by atoms with van der Waals surface area (Å²) >= 11 is 0. The van der Waals surface area contributed by atoms with Crippen molar-refractivity contribution >= 4 is 5.78 Å². The lowest BCUT2D eigenvalue weighted by molar-refractivity contribution is 0.0933. The van der Waals surface area contributed by atoms with Gasteiger partial charge in [-0.1, -0.05) is 18.2 Å². The van der Waals surface area contributed by atoms with E-state index < -0.39 is 0 Å². The number of ketones is 1. The Hall–Kier alpha value is -2.29. The third kappa shape index (κ3) is 2.77. The standard InChI is InChI=1S/C18H18O3/c1-2-20-14-9-7-13(8-10-14)18(19)16-11-12-21-17-6-4-3-5-15(16)17/h3-10,16H,2,11-12H2,1H3. The zero-order valence-electron chi connectivity index (χ0n) is 12.0. The van der Waals surface area contributed by atoms with Gasteiger partial charge >= 0.3 is 0 Å². The Morgan fingerprint density at radius 1 is 1.19 bits per heavy atom. The van der Waals surface area contributed by atoms with Gasteiger partial charge in [0, 0.05) is 11.1 Å². The maximum absolute atomic E-state index is 12.7. The molecule has 3 nitrogen and oxygen atoms in total. The van der Waals surface area contributed by atoms with Crippen molar-refractivity contribution in [1.82, 2.24) is 0 Å². The van der Waals surface area contributed by atoms with Gasteiger partial charge in [0.25, 0.3) is 0 Å². The molecule has 0 saturated carbocycles. The van der Waals surface area contributed by atoms with Gasteiger partial charge in [-0.25, -0.2) is 0 Å². The van der Waals surface area contributed by atoms with Gasteiger partial charge in [0.05, 0.1) is 19.1 Å². The highest BCUT2D eigenvalue weighted by molar-refractivity contribution is 6.01. The molecular formula is C18H18O3. The maximum Gasteiger partial charge on any atom is 0.170 e.